The molecule has 0 aromatic heterocycles. The molecule has 8 heteroatoms. The normalized spacial score (nSPS) is 38.7. The predicted octanol–water partition coefficient (Wildman–Crippen LogP) is -0.802. The summed E-state index contributed by atoms with van der Waals surface area (Å²) in [6.45, 7) is 1.87. The van der Waals surface area contributed by atoms with Crippen LogP contribution < -0.4 is 0 Å². The molecular formula is C17H19NO7. The number of hydrogen-bond donors (Lipinski definition) is 1. The van der Waals surface area contributed by atoms with Crippen LogP contribution in [-0.2, 0) is 28.7 Å². The zero-order chi connectivity index (χ0) is 17.9. The van der Waals surface area contributed by atoms with Crippen LogP contribution in [0.15, 0.2) is 11.6 Å². The van der Waals surface area contributed by atoms with Crippen molar-refractivity contribution in [3.05, 3.63) is 11.6 Å². The van der Waals surface area contributed by atoms with Gasteiger partial charge in [0.05, 0.1) is 31.0 Å². The molecule has 2 aliphatic carbocycles. The average molecular weight is 349 g/mol. The van der Waals surface area contributed by atoms with Crippen LogP contribution in [0.5, 0.6) is 0 Å². The van der Waals surface area contributed by atoms with Gasteiger partial charge in [0.15, 0.2) is 5.78 Å². The van der Waals surface area contributed by atoms with Crippen molar-refractivity contribution in [3.63, 3.8) is 0 Å². The molecule has 134 valence electrons. The van der Waals surface area contributed by atoms with E-state index in [9.17, 15) is 24.3 Å². The van der Waals surface area contributed by atoms with Crippen LogP contribution in [-0.4, -0.2) is 65.0 Å². The third-order valence-electron chi connectivity index (χ3n) is 5.52. The van der Waals surface area contributed by atoms with Crippen molar-refractivity contribution in [3.8, 4) is 0 Å². The Balaban J connectivity index is 1.56. The molecule has 0 aromatic carbocycles. The fourth-order valence-electron chi connectivity index (χ4n) is 4.33. The van der Waals surface area contributed by atoms with Gasteiger partial charge in [-0.3, -0.25) is 24.1 Å². The van der Waals surface area contributed by atoms with Gasteiger partial charge in [-0.25, -0.2) is 0 Å². The van der Waals surface area contributed by atoms with Gasteiger partial charge in [-0.15, -0.1) is 0 Å². The minimum Gasteiger partial charge on any atom is -0.466 e. The van der Waals surface area contributed by atoms with Crippen molar-refractivity contribution < 1.29 is 33.8 Å². The van der Waals surface area contributed by atoms with Gasteiger partial charge < -0.3 is 14.6 Å². The van der Waals surface area contributed by atoms with Gasteiger partial charge >= 0.3 is 5.97 Å². The van der Waals surface area contributed by atoms with Crippen LogP contribution in [0.4, 0.5) is 0 Å². The molecule has 4 aliphatic rings. The van der Waals surface area contributed by atoms with Crippen molar-refractivity contribution in [1.82, 2.24) is 4.90 Å². The third kappa shape index (κ3) is 2.35. The van der Waals surface area contributed by atoms with Crippen LogP contribution in [0, 0.1) is 17.8 Å². The number of amides is 2. The SMILES string of the molecule is CCOC(=O)CCN1C(=O)[C@H]2[C@@H]3C(=CC[C@H]2C1=O)C(=O)[C@H]1O[C@H]1[C@H]3O. The van der Waals surface area contributed by atoms with Crippen LogP contribution in [0.3, 0.4) is 0 Å². The smallest absolute Gasteiger partial charge is 0.307 e. The number of rotatable bonds is 4. The molecule has 0 unspecified atom stereocenters. The van der Waals surface area contributed by atoms with E-state index in [1.165, 1.54) is 0 Å². The highest BCUT2D eigenvalue weighted by atomic mass is 16.6. The number of aliphatic hydroxyl groups excluding tert-OH is 1. The lowest BCUT2D eigenvalue weighted by Crippen LogP contribution is -2.47. The Bertz CT molecular complexity index is 699. The molecule has 1 saturated carbocycles. The second-order valence-electron chi connectivity index (χ2n) is 6.81. The first kappa shape index (κ1) is 16.4. The lowest BCUT2D eigenvalue weighted by Gasteiger charge is -2.35. The van der Waals surface area contributed by atoms with Crippen molar-refractivity contribution in [2.45, 2.75) is 38.1 Å². The maximum absolute atomic E-state index is 12.8. The van der Waals surface area contributed by atoms with Gasteiger partial charge in [-0.2, -0.15) is 0 Å². The number of likely N-dealkylation sites (tertiary alicyclic amines) is 1. The number of imide groups is 1. The number of carbonyl (C=O) groups is 4. The molecule has 25 heavy (non-hydrogen) atoms. The van der Waals surface area contributed by atoms with Gasteiger partial charge in [-0.05, 0) is 13.3 Å². The molecule has 3 fully saturated rings. The summed E-state index contributed by atoms with van der Waals surface area (Å²) < 4.78 is 10.1. The predicted molar refractivity (Wildman–Crippen MR) is 80.8 cm³/mol. The van der Waals surface area contributed by atoms with Gasteiger partial charge in [0.2, 0.25) is 11.8 Å². The fraction of sp³-hybridized carbons (Fsp3) is 0.647. The first-order chi connectivity index (χ1) is 12.0. The standard InChI is InChI=1S/C17H19NO7/c1-2-24-9(19)5-6-18-16(22)8-4-3-7-10(11(8)17(18)23)13(21)15-14(25-15)12(7)20/h3,8,10-11,13-15,21H,2,4-6H2,1H3/t8-,10+,11-,13+,14-,15+/m1/s1. The van der Waals surface area contributed by atoms with E-state index in [4.69, 9.17) is 9.47 Å². The number of carbonyl (C=O) groups excluding carboxylic acids is 4. The number of hydrogen-bond acceptors (Lipinski definition) is 7. The summed E-state index contributed by atoms with van der Waals surface area (Å²) in [5.74, 6) is -3.52. The lowest BCUT2D eigenvalue weighted by atomic mass is 9.66. The van der Waals surface area contributed by atoms with Crippen LogP contribution in [0.25, 0.3) is 0 Å². The number of Topliss-reactive ketones (excluding diaryl/α,β-unsaturated/α-hetero) is 1. The molecule has 4 rings (SSSR count). The number of aliphatic hydroxyl groups is 1. The number of ketones is 1. The molecule has 0 aromatic rings. The summed E-state index contributed by atoms with van der Waals surface area (Å²) in [6.07, 6.45) is -0.276. The number of esters is 1. The molecule has 2 aliphatic heterocycles. The molecule has 0 bridgehead atoms. The molecular weight excluding hydrogens is 330 g/mol. The van der Waals surface area contributed by atoms with E-state index in [2.05, 4.69) is 0 Å². The molecule has 2 saturated heterocycles. The van der Waals surface area contributed by atoms with Crippen molar-refractivity contribution in [2.75, 3.05) is 13.2 Å². The highest BCUT2D eigenvalue weighted by molar-refractivity contribution is 6.09. The first-order valence-electron chi connectivity index (χ1n) is 8.54. The number of allylic oxidation sites excluding steroid dienone is 1. The molecule has 8 nitrogen and oxygen atoms in total. The van der Waals surface area contributed by atoms with Gasteiger partial charge in [0.1, 0.15) is 12.2 Å². The van der Waals surface area contributed by atoms with Crippen LogP contribution in [0.2, 0.25) is 0 Å². The topological polar surface area (TPSA) is 114 Å². The van der Waals surface area contributed by atoms with Crippen LogP contribution >= 0.6 is 0 Å². The maximum atomic E-state index is 12.8. The maximum Gasteiger partial charge on any atom is 0.307 e. The summed E-state index contributed by atoms with van der Waals surface area (Å²) in [4.78, 5) is 50.3. The number of epoxide rings is 1. The minimum atomic E-state index is -0.969. The highest BCUT2D eigenvalue weighted by Gasteiger charge is 2.65. The number of nitrogens with zero attached hydrogens (tertiary/aromatic N) is 1. The van der Waals surface area contributed by atoms with E-state index in [-0.39, 0.29) is 37.7 Å². The molecule has 1 N–H and O–H groups in total. The summed E-state index contributed by atoms with van der Waals surface area (Å²) in [7, 11) is 0. The Morgan fingerprint density at radius 1 is 1.32 bits per heavy atom. The van der Waals surface area contributed by atoms with E-state index in [1.54, 1.807) is 13.0 Å². The van der Waals surface area contributed by atoms with Gasteiger partial charge in [-0.1, -0.05) is 6.08 Å². The van der Waals surface area contributed by atoms with E-state index in [1.807, 2.05) is 0 Å². The quantitative estimate of drug-likeness (QED) is 0.401. The largest absolute Gasteiger partial charge is 0.466 e. The minimum absolute atomic E-state index is 0.0435. The second-order valence-corrected chi connectivity index (χ2v) is 6.81. The Hall–Kier alpha value is -2.06. The van der Waals surface area contributed by atoms with Crippen molar-refractivity contribution in [1.29, 1.82) is 0 Å². The summed E-state index contributed by atoms with van der Waals surface area (Å²) in [5, 5.41) is 10.5. The number of fused-ring (bicyclic) bond motifs is 4. The lowest BCUT2D eigenvalue weighted by molar-refractivity contribution is -0.145. The Labute approximate surface area is 143 Å². The first-order valence-corrected chi connectivity index (χ1v) is 8.54. The Kier molecular flexibility index (Phi) is 3.77. The van der Waals surface area contributed by atoms with Crippen molar-refractivity contribution in [2.24, 2.45) is 17.8 Å². The summed E-state index contributed by atoms with van der Waals surface area (Å²) in [6, 6.07) is 0. The third-order valence-corrected chi connectivity index (χ3v) is 5.52. The van der Waals surface area contributed by atoms with E-state index >= 15 is 0 Å². The molecule has 2 heterocycles. The van der Waals surface area contributed by atoms with E-state index < -0.39 is 47.9 Å². The Morgan fingerprint density at radius 3 is 2.80 bits per heavy atom. The zero-order valence-electron chi connectivity index (χ0n) is 13.7. The summed E-state index contributed by atoms with van der Waals surface area (Å²) in [5.41, 5.74) is 0.404. The zero-order valence-corrected chi connectivity index (χ0v) is 13.7. The highest BCUT2D eigenvalue weighted by Crippen LogP contribution is 2.50. The molecule has 0 radical (unpaired) electrons. The van der Waals surface area contributed by atoms with Gasteiger partial charge in [0.25, 0.3) is 0 Å². The van der Waals surface area contributed by atoms with E-state index in [0.29, 0.717) is 5.57 Å². The summed E-state index contributed by atoms with van der Waals surface area (Å²) >= 11 is 0. The molecule has 2 amide bonds. The fourth-order valence-corrected chi connectivity index (χ4v) is 4.33. The van der Waals surface area contributed by atoms with Crippen molar-refractivity contribution >= 4 is 23.6 Å². The molecule has 0 spiro atoms. The monoisotopic (exact) mass is 349 g/mol. The van der Waals surface area contributed by atoms with Crippen LogP contribution in [0.1, 0.15) is 19.8 Å². The average Bonchev–Trinajstić information content (AvgIpc) is 3.35. The Morgan fingerprint density at radius 2 is 2.08 bits per heavy atom. The van der Waals surface area contributed by atoms with E-state index in [0.717, 1.165) is 4.90 Å². The second kappa shape index (κ2) is 5.74. The number of ether oxygens (including phenoxy) is 2. The molecule has 6 atom stereocenters. The van der Waals surface area contributed by atoms with Gasteiger partial charge in [0, 0.05) is 18.0 Å².